The van der Waals surface area contributed by atoms with Crippen molar-refractivity contribution in [3.05, 3.63) is 17.5 Å². The van der Waals surface area contributed by atoms with E-state index in [0.717, 1.165) is 5.92 Å². The first kappa shape index (κ1) is 12.2. The van der Waals surface area contributed by atoms with Gasteiger partial charge in [0, 0.05) is 5.69 Å². The molecule has 1 saturated carbocycles. The Bertz CT molecular complexity index is 349. The van der Waals surface area contributed by atoms with Crippen LogP contribution in [0, 0.1) is 6.92 Å². The molecule has 100 valence electrons. The molecule has 0 aromatic carbocycles. The molecule has 3 nitrogen and oxygen atoms in total. The predicted octanol–water partition coefficient (Wildman–Crippen LogP) is 3.16. The summed E-state index contributed by atoms with van der Waals surface area (Å²) in [4.78, 5) is 0. The molecule has 0 spiro atoms. The lowest BCUT2D eigenvalue weighted by Crippen LogP contribution is -2.27. The van der Waals surface area contributed by atoms with Gasteiger partial charge in [-0.25, -0.2) is 0 Å². The Morgan fingerprint density at radius 3 is 2.56 bits per heavy atom. The summed E-state index contributed by atoms with van der Waals surface area (Å²) in [5, 5.41) is 8.16. The maximum absolute atomic E-state index is 4.71. The Morgan fingerprint density at radius 1 is 1.11 bits per heavy atom. The van der Waals surface area contributed by atoms with Crippen molar-refractivity contribution in [1.82, 2.24) is 15.1 Å². The van der Waals surface area contributed by atoms with Crippen LogP contribution in [0.4, 0.5) is 0 Å². The van der Waals surface area contributed by atoms with Crippen molar-refractivity contribution in [2.45, 2.75) is 63.8 Å². The van der Waals surface area contributed by atoms with Crippen LogP contribution in [0.5, 0.6) is 0 Å². The summed E-state index contributed by atoms with van der Waals surface area (Å²) in [6, 6.07) is 0.675. The third kappa shape index (κ3) is 2.33. The normalized spacial score (nSPS) is 23.4. The third-order valence-corrected chi connectivity index (χ3v) is 4.78. The first-order valence-electron chi connectivity index (χ1n) is 7.61. The van der Waals surface area contributed by atoms with Crippen molar-refractivity contribution in [3.8, 4) is 0 Å². The smallest absolute Gasteiger partial charge is 0.0527 e. The van der Waals surface area contributed by atoms with Crippen LogP contribution < -0.4 is 5.32 Å². The molecule has 1 aromatic heterocycles. The van der Waals surface area contributed by atoms with Gasteiger partial charge in [-0.05, 0) is 57.2 Å². The van der Waals surface area contributed by atoms with Gasteiger partial charge in [-0.1, -0.05) is 19.3 Å². The van der Waals surface area contributed by atoms with Crippen LogP contribution in [-0.2, 0) is 0 Å². The molecule has 0 atom stereocenters. The second kappa shape index (κ2) is 5.43. The summed E-state index contributed by atoms with van der Waals surface area (Å²) in [6.07, 6.45) is 11.5. The molecule has 2 heterocycles. The minimum absolute atomic E-state index is 0.675. The van der Waals surface area contributed by atoms with E-state index in [-0.39, 0.29) is 0 Å². The van der Waals surface area contributed by atoms with E-state index in [9.17, 15) is 0 Å². The van der Waals surface area contributed by atoms with Gasteiger partial charge in [0.15, 0.2) is 0 Å². The van der Waals surface area contributed by atoms with Gasteiger partial charge >= 0.3 is 0 Å². The average Bonchev–Trinajstić information content (AvgIpc) is 2.83. The molecule has 1 aliphatic heterocycles. The van der Waals surface area contributed by atoms with Gasteiger partial charge in [0.25, 0.3) is 0 Å². The van der Waals surface area contributed by atoms with Crippen molar-refractivity contribution in [1.29, 1.82) is 0 Å². The number of nitrogens with one attached hydrogen (secondary N) is 1. The average molecular weight is 247 g/mol. The lowest BCUT2D eigenvalue weighted by Gasteiger charge is -2.25. The van der Waals surface area contributed by atoms with E-state index in [2.05, 4.69) is 23.1 Å². The highest BCUT2D eigenvalue weighted by atomic mass is 15.3. The molecule has 2 aliphatic rings. The number of rotatable bonds is 2. The molecule has 0 unspecified atom stereocenters. The topological polar surface area (TPSA) is 29.9 Å². The fourth-order valence-corrected chi connectivity index (χ4v) is 3.66. The van der Waals surface area contributed by atoms with Crippen molar-refractivity contribution >= 4 is 0 Å². The first-order chi connectivity index (χ1) is 8.86. The number of nitrogens with zero attached hydrogens (tertiary/aromatic N) is 2. The second-order valence-corrected chi connectivity index (χ2v) is 5.95. The third-order valence-electron chi connectivity index (χ3n) is 4.78. The van der Waals surface area contributed by atoms with Crippen LogP contribution in [0.2, 0.25) is 0 Å². The highest BCUT2D eigenvalue weighted by Gasteiger charge is 2.23. The van der Waals surface area contributed by atoms with Crippen molar-refractivity contribution < 1.29 is 0 Å². The largest absolute Gasteiger partial charge is 0.317 e. The summed E-state index contributed by atoms with van der Waals surface area (Å²) >= 11 is 0. The zero-order valence-electron chi connectivity index (χ0n) is 11.5. The van der Waals surface area contributed by atoms with Crippen molar-refractivity contribution in [2.75, 3.05) is 13.1 Å². The monoisotopic (exact) mass is 247 g/mol. The summed E-state index contributed by atoms with van der Waals surface area (Å²) in [7, 11) is 0. The predicted molar refractivity (Wildman–Crippen MR) is 73.9 cm³/mol. The SMILES string of the molecule is Cc1c(C2CCNCC2)cnn1C1CCCCC1. The zero-order chi connectivity index (χ0) is 12.4. The molecule has 0 bridgehead atoms. The number of hydrogen-bond donors (Lipinski definition) is 1. The van der Waals surface area contributed by atoms with E-state index in [0.29, 0.717) is 6.04 Å². The van der Waals surface area contributed by atoms with Crippen LogP contribution >= 0.6 is 0 Å². The molecule has 0 amide bonds. The van der Waals surface area contributed by atoms with Gasteiger partial charge < -0.3 is 5.32 Å². The molecule has 1 aliphatic carbocycles. The van der Waals surface area contributed by atoms with Crippen molar-refractivity contribution in [2.24, 2.45) is 0 Å². The molecule has 2 fully saturated rings. The van der Waals surface area contributed by atoms with Crippen molar-refractivity contribution in [3.63, 3.8) is 0 Å². The summed E-state index contributed by atoms with van der Waals surface area (Å²) in [6.45, 7) is 4.61. The molecular formula is C15H25N3. The number of aromatic nitrogens is 2. The van der Waals surface area contributed by atoms with Crippen LogP contribution in [0.1, 0.15) is 68.2 Å². The molecule has 1 aromatic rings. The van der Waals surface area contributed by atoms with Crippen LogP contribution in [-0.4, -0.2) is 22.9 Å². The standard InChI is InChI=1S/C15H25N3/c1-12-15(13-7-9-16-10-8-13)11-17-18(12)14-5-3-2-4-6-14/h11,13-14,16H,2-10H2,1H3. The maximum Gasteiger partial charge on any atom is 0.0527 e. The van der Waals surface area contributed by atoms with Gasteiger partial charge in [0.1, 0.15) is 0 Å². The Hall–Kier alpha value is -0.830. The number of piperidine rings is 1. The second-order valence-electron chi connectivity index (χ2n) is 5.95. The van der Waals surface area contributed by atoms with Gasteiger partial charge in [-0.15, -0.1) is 0 Å². The maximum atomic E-state index is 4.71. The first-order valence-corrected chi connectivity index (χ1v) is 7.61. The molecule has 0 radical (unpaired) electrons. The Kier molecular flexibility index (Phi) is 3.69. The fourth-order valence-electron chi connectivity index (χ4n) is 3.66. The Morgan fingerprint density at radius 2 is 1.83 bits per heavy atom. The summed E-state index contributed by atoms with van der Waals surface area (Å²) in [5.74, 6) is 0.739. The molecule has 1 N–H and O–H groups in total. The minimum atomic E-state index is 0.675. The van der Waals surface area contributed by atoms with E-state index in [1.165, 1.54) is 69.3 Å². The van der Waals surface area contributed by atoms with E-state index < -0.39 is 0 Å². The quantitative estimate of drug-likeness (QED) is 0.870. The zero-order valence-corrected chi connectivity index (χ0v) is 11.5. The highest BCUT2D eigenvalue weighted by molar-refractivity contribution is 5.22. The number of hydrogen-bond acceptors (Lipinski definition) is 2. The lowest BCUT2D eigenvalue weighted by molar-refractivity contribution is 0.324. The van der Waals surface area contributed by atoms with E-state index in [1.54, 1.807) is 0 Å². The van der Waals surface area contributed by atoms with Crippen LogP contribution in [0.25, 0.3) is 0 Å². The van der Waals surface area contributed by atoms with Crippen LogP contribution in [0.3, 0.4) is 0 Å². The highest BCUT2D eigenvalue weighted by Crippen LogP contribution is 2.33. The van der Waals surface area contributed by atoms with E-state index in [1.807, 2.05) is 0 Å². The van der Waals surface area contributed by atoms with E-state index >= 15 is 0 Å². The van der Waals surface area contributed by atoms with Gasteiger partial charge in [0.2, 0.25) is 0 Å². The Balaban J connectivity index is 1.78. The minimum Gasteiger partial charge on any atom is -0.317 e. The lowest BCUT2D eigenvalue weighted by atomic mass is 9.90. The summed E-state index contributed by atoms with van der Waals surface area (Å²) < 4.78 is 2.33. The molecule has 3 rings (SSSR count). The Labute approximate surface area is 110 Å². The summed E-state index contributed by atoms with van der Waals surface area (Å²) in [5.41, 5.74) is 2.95. The molecule has 18 heavy (non-hydrogen) atoms. The fraction of sp³-hybridized carbons (Fsp3) is 0.800. The molecule has 1 saturated heterocycles. The van der Waals surface area contributed by atoms with Crippen LogP contribution in [0.15, 0.2) is 6.20 Å². The molecular weight excluding hydrogens is 222 g/mol. The van der Waals surface area contributed by atoms with Gasteiger partial charge in [-0.3, -0.25) is 4.68 Å². The van der Waals surface area contributed by atoms with E-state index in [4.69, 9.17) is 5.10 Å². The van der Waals surface area contributed by atoms with Gasteiger partial charge in [-0.2, -0.15) is 5.10 Å². The van der Waals surface area contributed by atoms with Gasteiger partial charge in [0.05, 0.1) is 12.2 Å². The molecule has 3 heteroatoms.